The first-order chi connectivity index (χ1) is 7.68. The smallest absolute Gasteiger partial charge is 0.323 e. The molecule has 5 nitrogen and oxygen atoms in total. The van der Waals surface area contributed by atoms with E-state index < -0.39 is 22.0 Å². The minimum Gasteiger partial charge on any atom is -0.468 e. The van der Waals surface area contributed by atoms with Gasteiger partial charge < -0.3 is 4.74 Å². The lowest BCUT2D eigenvalue weighted by molar-refractivity contribution is -0.143. The second-order valence-electron chi connectivity index (χ2n) is 5.00. The number of rotatable bonds is 7. The van der Waals surface area contributed by atoms with E-state index in [1.807, 2.05) is 27.7 Å². The van der Waals surface area contributed by atoms with Crippen molar-refractivity contribution >= 4 is 16.0 Å². The standard InChI is InChI=1S/C11H23NO4S/c1-8(2)6-10(11(13)16-5)12-17(14,15)7-9(3)4/h8-10,12H,6-7H2,1-5H3. The first kappa shape index (κ1) is 16.4. The van der Waals surface area contributed by atoms with Crippen LogP contribution in [0.3, 0.4) is 0 Å². The number of sulfonamides is 1. The highest BCUT2D eigenvalue weighted by molar-refractivity contribution is 7.89. The van der Waals surface area contributed by atoms with E-state index in [-0.39, 0.29) is 17.6 Å². The van der Waals surface area contributed by atoms with E-state index in [1.165, 1.54) is 7.11 Å². The SMILES string of the molecule is COC(=O)C(CC(C)C)NS(=O)(=O)CC(C)C. The van der Waals surface area contributed by atoms with Crippen LogP contribution >= 0.6 is 0 Å². The highest BCUT2D eigenvalue weighted by Gasteiger charge is 2.26. The summed E-state index contributed by atoms with van der Waals surface area (Å²) in [7, 11) is -2.18. The fraction of sp³-hybridized carbons (Fsp3) is 0.909. The van der Waals surface area contributed by atoms with Gasteiger partial charge in [0.15, 0.2) is 0 Å². The largest absolute Gasteiger partial charge is 0.468 e. The Morgan fingerprint density at radius 3 is 2.06 bits per heavy atom. The maximum Gasteiger partial charge on any atom is 0.323 e. The third-order valence-electron chi connectivity index (χ3n) is 2.07. The van der Waals surface area contributed by atoms with Crippen LogP contribution in [0.2, 0.25) is 0 Å². The predicted octanol–water partition coefficient (Wildman–Crippen LogP) is 1.15. The number of carbonyl (C=O) groups excluding carboxylic acids is 1. The molecule has 0 radical (unpaired) electrons. The van der Waals surface area contributed by atoms with E-state index in [0.29, 0.717) is 6.42 Å². The van der Waals surface area contributed by atoms with Gasteiger partial charge in [-0.25, -0.2) is 13.1 Å². The van der Waals surface area contributed by atoms with Gasteiger partial charge in [0.1, 0.15) is 6.04 Å². The lowest BCUT2D eigenvalue weighted by Gasteiger charge is -2.18. The van der Waals surface area contributed by atoms with Crippen molar-refractivity contribution in [2.24, 2.45) is 11.8 Å². The van der Waals surface area contributed by atoms with Gasteiger partial charge in [0, 0.05) is 0 Å². The molecule has 0 saturated heterocycles. The van der Waals surface area contributed by atoms with Gasteiger partial charge in [0.2, 0.25) is 10.0 Å². The third-order valence-corrected chi connectivity index (χ3v) is 3.82. The lowest BCUT2D eigenvalue weighted by Crippen LogP contribution is -2.43. The first-order valence-corrected chi connectivity index (χ1v) is 7.41. The van der Waals surface area contributed by atoms with Crippen LogP contribution in [0.15, 0.2) is 0 Å². The number of hydrogen-bond acceptors (Lipinski definition) is 4. The van der Waals surface area contributed by atoms with Crippen LogP contribution in [0.25, 0.3) is 0 Å². The van der Waals surface area contributed by atoms with E-state index >= 15 is 0 Å². The zero-order valence-corrected chi connectivity index (χ0v) is 12.0. The molecule has 0 rings (SSSR count). The van der Waals surface area contributed by atoms with Crippen molar-refractivity contribution in [1.82, 2.24) is 4.72 Å². The van der Waals surface area contributed by atoms with Crippen LogP contribution < -0.4 is 4.72 Å². The molecule has 1 N–H and O–H groups in total. The van der Waals surface area contributed by atoms with Crippen LogP contribution in [0.4, 0.5) is 0 Å². The molecular formula is C11H23NO4S. The average molecular weight is 265 g/mol. The molecular weight excluding hydrogens is 242 g/mol. The highest BCUT2D eigenvalue weighted by atomic mass is 32.2. The zero-order valence-electron chi connectivity index (χ0n) is 11.2. The van der Waals surface area contributed by atoms with Crippen molar-refractivity contribution in [3.05, 3.63) is 0 Å². The molecule has 0 aliphatic heterocycles. The molecule has 0 heterocycles. The molecule has 0 fully saturated rings. The Bertz CT molecular complexity index is 335. The minimum absolute atomic E-state index is 0.0125. The molecule has 0 aromatic carbocycles. The van der Waals surface area contributed by atoms with Crippen molar-refractivity contribution in [2.45, 2.75) is 40.2 Å². The van der Waals surface area contributed by atoms with Crippen LogP contribution in [0.5, 0.6) is 0 Å². The van der Waals surface area contributed by atoms with Crippen molar-refractivity contribution in [3.8, 4) is 0 Å². The Kier molecular flexibility index (Phi) is 6.70. The van der Waals surface area contributed by atoms with Gasteiger partial charge in [-0.15, -0.1) is 0 Å². The second-order valence-corrected chi connectivity index (χ2v) is 6.80. The number of ether oxygens (including phenoxy) is 1. The maximum atomic E-state index is 11.7. The number of hydrogen-bond donors (Lipinski definition) is 1. The summed E-state index contributed by atoms with van der Waals surface area (Å²) in [5.74, 6) is -0.296. The first-order valence-electron chi connectivity index (χ1n) is 5.75. The summed E-state index contributed by atoms with van der Waals surface area (Å²) in [5.41, 5.74) is 0. The topological polar surface area (TPSA) is 72.5 Å². The van der Waals surface area contributed by atoms with Crippen molar-refractivity contribution in [2.75, 3.05) is 12.9 Å². The summed E-state index contributed by atoms with van der Waals surface area (Å²) in [6, 6.07) is -0.788. The average Bonchev–Trinajstić information content (AvgIpc) is 2.12. The maximum absolute atomic E-state index is 11.7. The van der Waals surface area contributed by atoms with E-state index in [9.17, 15) is 13.2 Å². The molecule has 0 saturated carbocycles. The van der Waals surface area contributed by atoms with Crippen LogP contribution in [0.1, 0.15) is 34.1 Å². The number of esters is 1. The van der Waals surface area contributed by atoms with Gasteiger partial charge in [-0.2, -0.15) is 0 Å². The molecule has 0 aromatic heterocycles. The Morgan fingerprint density at radius 2 is 1.71 bits per heavy atom. The minimum atomic E-state index is -3.43. The van der Waals surface area contributed by atoms with Gasteiger partial charge in [-0.05, 0) is 18.3 Å². The number of carbonyl (C=O) groups is 1. The monoisotopic (exact) mass is 265 g/mol. The molecule has 1 unspecified atom stereocenters. The van der Waals surface area contributed by atoms with Gasteiger partial charge in [-0.3, -0.25) is 4.79 Å². The predicted molar refractivity (Wildman–Crippen MR) is 67.0 cm³/mol. The lowest BCUT2D eigenvalue weighted by atomic mass is 10.1. The second kappa shape index (κ2) is 6.96. The summed E-state index contributed by atoms with van der Waals surface area (Å²) in [5, 5.41) is 0. The highest BCUT2D eigenvalue weighted by Crippen LogP contribution is 2.08. The van der Waals surface area contributed by atoms with E-state index in [1.54, 1.807) is 0 Å². The molecule has 0 aromatic rings. The van der Waals surface area contributed by atoms with E-state index in [2.05, 4.69) is 9.46 Å². The van der Waals surface area contributed by atoms with Gasteiger partial charge in [-0.1, -0.05) is 27.7 Å². The summed E-state index contributed by atoms with van der Waals surface area (Å²) in [4.78, 5) is 11.5. The molecule has 6 heteroatoms. The summed E-state index contributed by atoms with van der Waals surface area (Å²) in [6.07, 6.45) is 0.435. The summed E-state index contributed by atoms with van der Waals surface area (Å²) in [6.45, 7) is 7.48. The van der Waals surface area contributed by atoms with Crippen molar-refractivity contribution in [1.29, 1.82) is 0 Å². The normalized spacial score (nSPS) is 14.1. The van der Waals surface area contributed by atoms with Crippen LogP contribution in [-0.2, 0) is 19.6 Å². The van der Waals surface area contributed by atoms with Gasteiger partial charge >= 0.3 is 5.97 Å². The van der Waals surface area contributed by atoms with E-state index in [4.69, 9.17) is 0 Å². The fourth-order valence-electron chi connectivity index (χ4n) is 1.51. The molecule has 1 atom stereocenters. The summed E-state index contributed by atoms with van der Waals surface area (Å²) < 4.78 is 30.5. The van der Waals surface area contributed by atoms with Crippen LogP contribution in [-0.4, -0.2) is 33.3 Å². The van der Waals surface area contributed by atoms with Gasteiger partial charge in [0.05, 0.1) is 12.9 Å². The Balaban J connectivity index is 4.68. The Hall–Kier alpha value is -0.620. The number of methoxy groups -OCH3 is 1. The molecule has 0 bridgehead atoms. The summed E-state index contributed by atoms with van der Waals surface area (Å²) >= 11 is 0. The van der Waals surface area contributed by atoms with E-state index in [0.717, 1.165) is 0 Å². The Morgan fingerprint density at radius 1 is 1.18 bits per heavy atom. The van der Waals surface area contributed by atoms with Crippen molar-refractivity contribution < 1.29 is 17.9 Å². The van der Waals surface area contributed by atoms with Crippen molar-refractivity contribution in [3.63, 3.8) is 0 Å². The molecule has 0 aliphatic carbocycles. The zero-order chi connectivity index (χ0) is 13.6. The van der Waals surface area contributed by atoms with Gasteiger partial charge in [0.25, 0.3) is 0 Å². The quantitative estimate of drug-likeness (QED) is 0.701. The molecule has 102 valence electrons. The fourth-order valence-corrected chi connectivity index (χ4v) is 3.11. The Labute approximate surface area is 104 Å². The van der Waals surface area contributed by atoms with Crippen LogP contribution in [0, 0.1) is 11.8 Å². The third kappa shape index (κ3) is 7.33. The molecule has 17 heavy (non-hydrogen) atoms. The molecule has 0 amide bonds. The molecule has 0 spiro atoms. The number of nitrogens with one attached hydrogen (secondary N) is 1. The molecule has 0 aliphatic rings.